The molecule has 0 aliphatic heterocycles. The highest BCUT2D eigenvalue weighted by atomic mass is 35.5. The lowest BCUT2D eigenvalue weighted by Gasteiger charge is -2.10. The van der Waals surface area contributed by atoms with Crippen LogP contribution < -0.4 is 0 Å². The van der Waals surface area contributed by atoms with E-state index in [4.69, 9.17) is 27.9 Å². The van der Waals surface area contributed by atoms with Gasteiger partial charge in [-0.15, -0.1) is 0 Å². The first-order valence-electron chi connectivity index (χ1n) is 7.69. The van der Waals surface area contributed by atoms with E-state index in [1.54, 1.807) is 28.9 Å². The molecule has 25 heavy (non-hydrogen) atoms. The van der Waals surface area contributed by atoms with E-state index in [0.29, 0.717) is 15.6 Å². The predicted molar refractivity (Wildman–Crippen MR) is 98.6 cm³/mol. The van der Waals surface area contributed by atoms with Crippen LogP contribution in [0.15, 0.2) is 48.5 Å². The Bertz CT molecular complexity index is 918. The van der Waals surface area contributed by atoms with Crippen LogP contribution in [0.1, 0.15) is 27.3 Å². The normalized spacial score (nSPS) is 10.7. The van der Waals surface area contributed by atoms with Crippen LogP contribution in [0.5, 0.6) is 0 Å². The number of aryl methyl sites for hydroxylation is 2. The van der Waals surface area contributed by atoms with Crippen molar-refractivity contribution in [2.24, 2.45) is 0 Å². The second kappa shape index (κ2) is 7.30. The van der Waals surface area contributed by atoms with Gasteiger partial charge in [-0.2, -0.15) is 5.10 Å². The van der Waals surface area contributed by atoms with Crippen LogP contribution in [0.4, 0.5) is 0 Å². The van der Waals surface area contributed by atoms with Crippen molar-refractivity contribution >= 4 is 29.2 Å². The predicted octanol–water partition coefficient (Wildman–Crippen LogP) is 5.15. The highest BCUT2D eigenvalue weighted by Crippen LogP contribution is 2.22. The summed E-state index contributed by atoms with van der Waals surface area (Å²) in [4.78, 5) is 12.4. The maximum atomic E-state index is 12.4. The fourth-order valence-corrected chi connectivity index (χ4v) is 2.82. The molecule has 0 atom stereocenters. The average molecular weight is 375 g/mol. The summed E-state index contributed by atoms with van der Waals surface area (Å²) < 4.78 is 7.13. The third kappa shape index (κ3) is 4.03. The number of esters is 1. The minimum Gasteiger partial charge on any atom is -0.457 e. The van der Waals surface area contributed by atoms with E-state index >= 15 is 0 Å². The number of hydrogen-bond acceptors (Lipinski definition) is 3. The molecule has 0 radical (unpaired) electrons. The van der Waals surface area contributed by atoms with E-state index in [1.807, 2.05) is 38.1 Å². The second-order valence-corrected chi connectivity index (χ2v) is 6.55. The van der Waals surface area contributed by atoms with E-state index in [-0.39, 0.29) is 6.61 Å². The van der Waals surface area contributed by atoms with Gasteiger partial charge >= 0.3 is 5.97 Å². The van der Waals surface area contributed by atoms with Gasteiger partial charge in [0.05, 0.1) is 22.0 Å². The number of benzene rings is 2. The fourth-order valence-electron chi connectivity index (χ4n) is 2.50. The summed E-state index contributed by atoms with van der Waals surface area (Å²) in [7, 11) is 0. The molecule has 128 valence electrons. The summed E-state index contributed by atoms with van der Waals surface area (Å²) in [6.45, 7) is 4.02. The van der Waals surface area contributed by atoms with E-state index in [9.17, 15) is 4.79 Å². The first-order valence-corrected chi connectivity index (χ1v) is 8.44. The molecule has 1 aromatic heterocycles. The molecule has 4 nitrogen and oxygen atoms in total. The minimum atomic E-state index is -0.483. The number of rotatable bonds is 4. The van der Waals surface area contributed by atoms with Crippen LogP contribution >= 0.6 is 23.2 Å². The number of carbonyl (C=O) groups excluding carboxylic acids is 1. The molecule has 0 bridgehead atoms. The van der Waals surface area contributed by atoms with Crippen LogP contribution in [0.25, 0.3) is 5.69 Å². The van der Waals surface area contributed by atoms with Crippen LogP contribution in [-0.2, 0) is 11.3 Å². The number of ether oxygens (including phenoxy) is 1. The molecular weight excluding hydrogens is 359 g/mol. The highest BCUT2D eigenvalue weighted by molar-refractivity contribution is 6.33. The Balaban J connectivity index is 1.81. The Labute approximate surface area is 155 Å². The van der Waals surface area contributed by atoms with Crippen molar-refractivity contribution < 1.29 is 9.53 Å². The molecule has 0 saturated heterocycles. The first-order chi connectivity index (χ1) is 11.9. The summed E-state index contributed by atoms with van der Waals surface area (Å²) in [5, 5.41) is 5.40. The molecule has 0 aliphatic rings. The maximum absolute atomic E-state index is 12.4. The van der Waals surface area contributed by atoms with Crippen molar-refractivity contribution in [3.05, 3.63) is 81.1 Å². The number of carbonyl (C=O) groups is 1. The molecule has 0 unspecified atom stereocenters. The van der Waals surface area contributed by atoms with Gasteiger partial charge in [0.25, 0.3) is 0 Å². The molecule has 0 amide bonds. The minimum absolute atomic E-state index is 0.149. The number of aromatic nitrogens is 2. The Kier molecular flexibility index (Phi) is 5.11. The van der Waals surface area contributed by atoms with Gasteiger partial charge in [0, 0.05) is 10.7 Å². The van der Waals surface area contributed by atoms with Crippen LogP contribution in [0, 0.1) is 13.8 Å². The quantitative estimate of drug-likeness (QED) is 0.592. The third-order valence-corrected chi connectivity index (χ3v) is 4.29. The second-order valence-electron chi connectivity index (χ2n) is 5.71. The molecule has 1 heterocycles. The SMILES string of the molecule is Cc1cc(C)n(-c2ccc(Cl)c(C(=O)OCc3ccc(Cl)cc3)c2)n1. The Morgan fingerprint density at radius 3 is 2.44 bits per heavy atom. The standard InChI is InChI=1S/C19H16Cl2N2O2/c1-12-9-13(2)23(22-12)16-7-8-18(21)17(10-16)19(24)25-11-14-3-5-15(20)6-4-14/h3-10H,11H2,1-2H3. The average Bonchev–Trinajstić information content (AvgIpc) is 2.93. The fraction of sp³-hybridized carbons (Fsp3) is 0.158. The lowest BCUT2D eigenvalue weighted by molar-refractivity contribution is 0.0473. The van der Waals surface area contributed by atoms with Crippen LogP contribution in [-0.4, -0.2) is 15.7 Å². The van der Waals surface area contributed by atoms with Crippen molar-refractivity contribution in [2.75, 3.05) is 0 Å². The van der Waals surface area contributed by atoms with Gasteiger partial charge in [0.1, 0.15) is 6.61 Å². The van der Waals surface area contributed by atoms with Gasteiger partial charge in [-0.25, -0.2) is 9.48 Å². The van der Waals surface area contributed by atoms with E-state index in [0.717, 1.165) is 22.6 Å². The van der Waals surface area contributed by atoms with Gasteiger partial charge < -0.3 is 4.74 Å². The molecule has 0 saturated carbocycles. The molecule has 0 aliphatic carbocycles. The van der Waals surface area contributed by atoms with Crippen molar-refractivity contribution in [3.63, 3.8) is 0 Å². The van der Waals surface area contributed by atoms with Crippen molar-refractivity contribution in [3.8, 4) is 5.69 Å². The summed E-state index contributed by atoms with van der Waals surface area (Å²) >= 11 is 12.0. The molecule has 2 aromatic carbocycles. The molecule has 0 N–H and O–H groups in total. The monoisotopic (exact) mass is 374 g/mol. The molecule has 0 spiro atoms. The van der Waals surface area contributed by atoms with E-state index in [1.165, 1.54) is 0 Å². The lowest BCUT2D eigenvalue weighted by atomic mass is 10.2. The topological polar surface area (TPSA) is 44.1 Å². The first kappa shape index (κ1) is 17.5. The smallest absolute Gasteiger partial charge is 0.340 e. The summed E-state index contributed by atoms with van der Waals surface area (Å²) in [5.74, 6) is -0.483. The Morgan fingerprint density at radius 2 is 1.80 bits per heavy atom. The van der Waals surface area contributed by atoms with Gasteiger partial charge in [-0.05, 0) is 55.8 Å². The molecular formula is C19H16Cl2N2O2. The van der Waals surface area contributed by atoms with Crippen LogP contribution in [0.2, 0.25) is 10.0 Å². The van der Waals surface area contributed by atoms with Crippen molar-refractivity contribution in [2.45, 2.75) is 20.5 Å². The van der Waals surface area contributed by atoms with Crippen molar-refractivity contribution in [1.29, 1.82) is 0 Å². The van der Waals surface area contributed by atoms with Gasteiger partial charge in [-0.1, -0.05) is 35.3 Å². The van der Waals surface area contributed by atoms with Gasteiger partial charge in [0.15, 0.2) is 0 Å². The number of hydrogen-bond donors (Lipinski definition) is 0. The number of halogens is 2. The zero-order valence-electron chi connectivity index (χ0n) is 13.8. The van der Waals surface area contributed by atoms with Gasteiger partial charge in [-0.3, -0.25) is 0 Å². The van der Waals surface area contributed by atoms with Crippen LogP contribution in [0.3, 0.4) is 0 Å². The van der Waals surface area contributed by atoms with Gasteiger partial charge in [0.2, 0.25) is 0 Å². The lowest BCUT2D eigenvalue weighted by Crippen LogP contribution is -2.08. The number of nitrogens with zero attached hydrogens (tertiary/aromatic N) is 2. The molecule has 0 fully saturated rings. The summed E-state index contributed by atoms with van der Waals surface area (Å²) in [6.07, 6.45) is 0. The van der Waals surface area contributed by atoms with E-state index in [2.05, 4.69) is 5.10 Å². The van der Waals surface area contributed by atoms with E-state index < -0.39 is 5.97 Å². The molecule has 6 heteroatoms. The zero-order valence-corrected chi connectivity index (χ0v) is 15.3. The maximum Gasteiger partial charge on any atom is 0.340 e. The largest absolute Gasteiger partial charge is 0.457 e. The molecule has 3 aromatic rings. The zero-order chi connectivity index (χ0) is 18.0. The van der Waals surface area contributed by atoms with Crippen molar-refractivity contribution in [1.82, 2.24) is 9.78 Å². The highest BCUT2D eigenvalue weighted by Gasteiger charge is 2.15. The Hall–Kier alpha value is -2.30. The summed E-state index contributed by atoms with van der Waals surface area (Å²) in [6, 6.07) is 14.3. The third-order valence-electron chi connectivity index (χ3n) is 3.71. The molecule has 3 rings (SSSR count). The Morgan fingerprint density at radius 1 is 1.08 bits per heavy atom. The summed E-state index contributed by atoms with van der Waals surface area (Å²) in [5.41, 5.74) is 3.79.